The summed E-state index contributed by atoms with van der Waals surface area (Å²) < 4.78 is 26.2. The molecule has 1 N–H and O–H groups in total. The van der Waals surface area contributed by atoms with Crippen LogP contribution in [0.4, 0.5) is 0 Å². The number of aryl methyl sites for hydroxylation is 1. The van der Waals surface area contributed by atoms with Gasteiger partial charge in [-0.05, 0) is 31.0 Å². The van der Waals surface area contributed by atoms with Crippen LogP contribution in [-0.4, -0.2) is 37.5 Å². The number of aliphatic hydroxyl groups is 1. The molecule has 0 heterocycles. The third kappa shape index (κ3) is 3.45. The quantitative estimate of drug-likeness (QED) is 0.872. The molecule has 0 aliphatic carbocycles. The summed E-state index contributed by atoms with van der Waals surface area (Å²) in [6.45, 7) is 4.16. The number of halogens is 1. The zero-order chi connectivity index (χ0) is 13.8. The Morgan fingerprint density at radius 2 is 2.06 bits per heavy atom. The third-order valence-electron chi connectivity index (χ3n) is 2.69. The number of hydrogen-bond acceptors (Lipinski definition) is 3. The summed E-state index contributed by atoms with van der Waals surface area (Å²) in [5, 5.41) is 9.20. The van der Waals surface area contributed by atoms with E-state index in [1.165, 1.54) is 10.4 Å². The van der Waals surface area contributed by atoms with Gasteiger partial charge in [0.15, 0.2) is 0 Å². The van der Waals surface area contributed by atoms with E-state index in [0.717, 1.165) is 0 Å². The summed E-state index contributed by atoms with van der Waals surface area (Å²) in [4.78, 5) is 0.231. The van der Waals surface area contributed by atoms with Gasteiger partial charge in [-0.25, -0.2) is 8.42 Å². The molecule has 1 aromatic carbocycles. The van der Waals surface area contributed by atoms with Crippen LogP contribution in [0.5, 0.6) is 0 Å². The third-order valence-corrected chi connectivity index (χ3v) is 5.04. The molecule has 0 aliphatic rings. The maximum absolute atomic E-state index is 12.4. The van der Waals surface area contributed by atoms with Crippen molar-refractivity contribution in [3.8, 4) is 0 Å². The average Bonchev–Trinajstić information content (AvgIpc) is 2.33. The first-order chi connectivity index (χ1) is 8.43. The fourth-order valence-electron chi connectivity index (χ4n) is 1.69. The van der Waals surface area contributed by atoms with Crippen molar-refractivity contribution in [1.29, 1.82) is 0 Å². The van der Waals surface area contributed by atoms with Gasteiger partial charge in [0, 0.05) is 24.7 Å². The molecule has 0 saturated carbocycles. The zero-order valence-corrected chi connectivity index (χ0v) is 12.1. The second-order valence-corrected chi connectivity index (χ2v) is 6.33. The molecule has 1 aromatic rings. The second kappa shape index (κ2) is 6.52. The van der Waals surface area contributed by atoms with E-state index < -0.39 is 10.0 Å². The molecule has 0 spiro atoms. The molecular weight excluding hydrogens is 274 g/mol. The van der Waals surface area contributed by atoms with Crippen molar-refractivity contribution in [2.75, 3.05) is 19.7 Å². The molecule has 4 nitrogen and oxygen atoms in total. The van der Waals surface area contributed by atoms with Crippen LogP contribution in [0.15, 0.2) is 23.1 Å². The summed E-state index contributed by atoms with van der Waals surface area (Å²) in [5.41, 5.74) is 0.668. The molecule has 0 saturated heterocycles. The lowest BCUT2D eigenvalue weighted by Crippen LogP contribution is -2.32. The Hall–Kier alpha value is -0.620. The topological polar surface area (TPSA) is 57.6 Å². The van der Waals surface area contributed by atoms with E-state index >= 15 is 0 Å². The van der Waals surface area contributed by atoms with Crippen LogP contribution in [0.3, 0.4) is 0 Å². The minimum absolute atomic E-state index is 0.0272. The lowest BCUT2D eigenvalue weighted by atomic mass is 10.2. The maximum Gasteiger partial charge on any atom is 0.243 e. The lowest BCUT2D eigenvalue weighted by Gasteiger charge is -2.21. The van der Waals surface area contributed by atoms with Gasteiger partial charge in [-0.2, -0.15) is 4.31 Å². The SMILES string of the molecule is CCN(CCCO)S(=O)(=O)c1cc(Cl)ccc1C. The summed E-state index contributed by atoms with van der Waals surface area (Å²) in [7, 11) is -3.54. The molecule has 0 bridgehead atoms. The Morgan fingerprint density at radius 3 is 2.61 bits per heavy atom. The highest BCUT2D eigenvalue weighted by atomic mass is 35.5. The van der Waals surface area contributed by atoms with Gasteiger partial charge < -0.3 is 5.11 Å². The molecule has 1 rings (SSSR count). The molecule has 102 valence electrons. The Bertz CT molecular complexity index is 502. The van der Waals surface area contributed by atoms with Gasteiger partial charge in [-0.15, -0.1) is 0 Å². The largest absolute Gasteiger partial charge is 0.396 e. The van der Waals surface area contributed by atoms with Crippen LogP contribution in [0.25, 0.3) is 0 Å². The van der Waals surface area contributed by atoms with Crippen molar-refractivity contribution < 1.29 is 13.5 Å². The van der Waals surface area contributed by atoms with Gasteiger partial charge in [-0.1, -0.05) is 24.6 Å². The van der Waals surface area contributed by atoms with Crippen molar-refractivity contribution in [3.63, 3.8) is 0 Å². The monoisotopic (exact) mass is 291 g/mol. The van der Waals surface area contributed by atoms with Crippen LogP contribution in [0, 0.1) is 6.92 Å². The summed E-state index contributed by atoms with van der Waals surface area (Å²) in [6, 6.07) is 4.82. The van der Waals surface area contributed by atoms with Crippen LogP contribution in [0.2, 0.25) is 5.02 Å². The van der Waals surface area contributed by atoms with Crippen molar-refractivity contribution in [1.82, 2.24) is 4.31 Å². The first-order valence-electron chi connectivity index (χ1n) is 5.80. The van der Waals surface area contributed by atoms with E-state index in [9.17, 15) is 8.42 Å². The van der Waals surface area contributed by atoms with E-state index in [1.54, 1.807) is 26.0 Å². The average molecular weight is 292 g/mol. The summed E-state index contributed by atoms with van der Waals surface area (Å²) >= 11 is 5.85. The second-order valence-electron chi connectivity index (χ2n) is 3.98. The fraction of sp³-hybridized carbons (Fsp3) is 0.500. The summed E-state index contributed by atoms with van der Waals surface area (Å²) in [6.07, 6.45) is 0.423. The highest BCUT2D eigenvalue weighted by Crippen LogP contribution is 2.23. The molecular formula is C12H18ClNO3S. The Labute approximate surface area is 113 Å². The number of aliphatic hydroxyl groups excluding tert-OH is 1. The van der Waals surface area contributed by atoms with Crippen LogP contribution in [0.1, 0.15) is 18.9 Å². The highest BCUT2D eigenvalue weighted by Gasteiger charge is 2.24. The number of sulfonamides is 1. The van der Waals surface area contributed by atoms with E-state index in [2.05, 4.69) is 0 Å². The molecule has 0 amide bonds. The van der Waals surface area contributed by atoms with Crippen molar-refractivity contribution >= 4 is 21.6 Å². The predicted molar refractivity (Wildman–Crippen MR) is 72.3 cm³/mol. The maximum atomic E-state index is 12.4. The number of hydrogen-bond donors (Lipinski definition) is 1. The zero-order valence-electron chi connectivity index (χ0n) is 10.6. The molecule has 0 unspecified atom stereocenters. The van der Waals surface area contributed by atoms with Crippen molar-refractivity contribution in [2.45, 2.75) is 25.2 Å². The first kappa shape index (κ1) is 15.4. The number of benzene rings is 1. The van der Waals surface area contributed by atoms with Gasteiger partial charge in [0.2, 0.25) is 10.0 Å². The molecule has 18 heavy (non-hydrogen) atoms. The smallest absolute Gasteiger partial charge is 0.243 e. The van der Waals surface area contributed by atoms with Gasteiger partial charge in [0.25, 0.3) is 0 Å². The Morgan fingerprint density at radius 1 is 1.39 bits per heavy atom. The summed E-state index contributed by atoms with van der Waals surface area (Å²) in [5.74, 6) is 0. The van der Waals surface area contributed by atoms with Gasteiger partial charge in [0.05, 0.1) is 4.90 Å². The van der Waals surface area contributed by atoms with Gasteiger partial charge in [0.1, 0.15) is 0 Å². The number of nitrogens with zero attached hydrogens (tertiary/aromatic N) is 1. The molecule has 0 aromatic heterocycles. The Kier molecular flexibility index (Phi) is 5.59. The molecule has 0 atom stereocenters. The van der Waals surface area contributed by atoms with Crippen LogP contribution >= 0.6 is 11.6 Å². The fourth-order valence-corrected chi connectivity index (χ4v) is 3.66. The highest BCUT2D eigenvalue weighted by molar-refractivity contribution is 7.89. The first-order valence-corrected chi connectivity index (χ1v) is 7.62. The van der Waals surface area contributed by atoms with E-state index in [1.807, 2.05) is 0 Å². The van der Waals surface area contributed by atoms with Crippen molar-refractivity contribution in [3.05, 3.63) is 28.8 Å². The van der Waals surface area contributed by atoms with Gasteiger partial charge >= 0.3 is 0 Å². The lowest BCUT2D eigenvalue weighted by molar-refractivity contribution is 0.271. The molecule has 6 heteroatoms. The van der Waals surface area contributed by atoms with Crippen molar-refractivity contribution in [2.24, 2.45) is 0 Å². The predicted octanol–water partition coefficient (Wildman–Crippen LogP) is 2.04. The minimum atomic E-state index is -3.54. The molecule has 0 aliphatic heterocycles. The van der Waals surface area contributed by atoms with E-state index in [4.69, 9.17) is 16.7 Å². The molecule has 0 fully saturated rings. The molecule has 0 radical (unpaired) electrons. The Balaban J connectivity index is 3.14. The van der Waals surface area contributed by atoms with Crippen LogP contribution in [-0.2, 0) is 10.0 Å². The van der Waals surface area contributed by atoms with Crippen LogP contribution < -0.4 is 0 Å². The van der Waals surface area contributed by atoms with E-state index in [-0.39, 0.29) is 11.5 Å². The van der Waals surface area contributed by atoms with E-state index in [0.29, 0.717) is 30.1 Å². The van der Waals surface area contributed by atoms with Gasteiger partial charge in [-0.3, -0.25) is 0 Å². The number of rotatable bonds is 6. The normalized spacial score (nSPS) is 12.1. The standard InChI is InChI=1S/C12H18ClNO3S/c1-3-14(7-4-8-15)18(16,17)12-9-11(13)6-5-10(12)2/h5-6,9,15H,3-4,7-8H2,1-2H3. The minimum Gasteiger partial charge on any atom is -0.396 e.